The normalized spacial score (nSPS) is 13.7. The van der Waals surface area contributed by atoms with E-state index >= 15 is 0 Å². The van der Waals surface area contributed by atoms with Crippen molar-refractivity contribution < 1.29 is 4.39 Å². The molecule has 0 fully saturated rings. The minimum absolute atomic E-state index is 0.507. The molecule has 0 bridgehead atoms. The van der Waals surface area contributed by atoms with Gasteiger partial charge < -0.3 is 0 Å². The van der Waals surface area contributed by atoms with E-state index in [1.165, 1.54) is 11.8 Å². The highest BCUT2D eigenvalue weighted by molar-refractivity contribution is 8.03. The summed E-state index contributed by atoms with van der Waals surface area (Å²) >= 11 is 1.47. The molecule has 0 aromatic carbocycles. The zero-order chi connectivity index (χ0) is 8.69. The van der Waals surface area contributed by atoms with Crippen LogP contribution in [0, 0.1) is 0 Å². The summed E-state index contributed by atoms with van der Waals surface area (Å²) in [7, 11) is 0. The molecule has 0 aliphatic rings. The quantitative estimate of drug-likeness (QED) is 0.574. The van der Waals surface area contributed by atoms with Crippen LogP contribution in [0.25, 0.3) is 0 Å². The molecule has 2 heteroatoms. The van der Waals surface area contributed by atoms with E-state index in [0.717, 1.165) is 11.3 Å². The molecule has 0 saturated heterocycles. The number of thioether (sulfide) groups is 1. The van der Waals surface area contributed by atoms with Crippen molar-refractivity contribution in [1.82, 2.24) is 0 Å². The van der Waals surface area contributed by atoms with Crippen LogP contribution in [0.15, 0.2) is 23.6 Å². The van der Waals surface area contributed by atoms with Crippen LogP contribution in [0.2, 0.25) is 0 Å². The van der Waals surface area contributed by atoms with Crippen LogP contribution in [-0.2, 0) is 0 Å². The molecule has 0 heterocycles. The Morgan fingerprint density at radius 1 is 1.73 bits per heavy atom. The smallest absolute Gasteiger partial charge is 0.107 e. The lowest BCUT2D eigenvalue weighted by molar-refractivity contribution is 0.398. The number of alkyl halides is 1. The Labute approximate surface area is 72.6 Å². The first-order chi connectivity index (χ1) is 5.16. The number of hydrogen-bond donors (Lipinski definition) is 0. The molecule has 0 aromatic rings. The Bertz CT molecular complexity index is 138. The van der Waals surface area contributed by atoms with Gasteiger partial charge in [0.15, 0.2) is 0 Å². The molecular weight excluding hydrogens is 159 g/mol. The molecule has 1 unspecified atom stereocenters. The van der Waals surface area contributed by atoms with Gasteiger partial charge in [0.25, 0.3) is 0 Å². The van der Waals surface area contributed by atoms with E-state index in [1.807, 2.05) is 12.2 Å². The van der Waals surface area contributed by atoms with Crippen LogP contribution in [0.1, 0.15) is 20.3 Å². The van der Waals surface area contributed by atoms with E-state index in [2.05, 4.69) is 13.5 Å². The van der Waals surface area contributed by atoms with Gasteiger partial charge in [-0.2, -0.15) is 0 Å². The lowest BCUT2D eigenvalue weighted by Crippen LogP contribution is -1.94. The summed E-state index contributed by atoms with van der Waals surface area (Å²) in [5.74, 6) is 0.507. The number of halogens is 1. The van der Waals surface area contributed by atoms with Gasteiger partial charge in [-0.3, -0.25) is 0 Å². The highest BCUT2D eigenvalue weighted by Crippen LogP contribution is 2.16. The summed E-state index contributed by atoms with van der Waals surface area (Å²) in [6, 6.07) is 0. The maximum absolute atomic E-state index is 12.3. The largest absolute Gasteiger partial charge is 0.247 e. The standard InChI is InChI=1S/C9H15FS/c1-4-5-6-9(3)11-7-8(2)10/h5-6,8H,3-4,7H2,1-2H3/b6-5-. The Morgan fingerprint density at radius 2 is 2.36 bits per heavy atom. The fourth-order valence-electron chi connectivity index (χ4n) is 0.519. The SMILES string of the molecule is C=C(/C=C\CC)SCC(C)F. The Balaban J connectivity index is 3.45. The van der Waals surface area contributed by atoms with Crippen molar-refractivity contribution in [3.8, 4) is 0 Å². The average molecular weight is 174 g/mol. The maximum Gasteiger partial charge on any atom is 0.107 e. The van der Waals surface area contributed by atoms with Gasteiger partial charge in [0, 0.05) is 5.75 Å². The van der Waals surface area contributed by atoms with E-state index in [1.54, 1.807) is 6.92 Å². The van der Waals surface area contributed by atoms with Gasteiger partial charge in [0.2, 0.25) is 0 Å². The van der Waals surface area contributed by atoms with Crippen LogP contribution >= 0.6 is 11.8 Å². The van der Waals surface area contributed by atoms with Crippen molar-refractivity contribution in [1.29, 1.82) is 0 Å². The van der Waals surface area contributed by atoms with Gasteiger partial charge in [-0.25, -0.2) is 4.39 Å². The van der Waals surface area contributed by atoms with Crippen LogP contribution in [0.4, 0.5) is 4.39 Å². The molecule has 0 aromatic heterocycles. The van der Waals surface area contributed by atoms with Gasteiger partial charge >= 0.3 is 0 Å². The van der Waals surface area contributed by atoms with E-state index in [-0.39, 0.29) is 0 Å². The summed E-state index contributed by atoms with van der Waals surface area (Å²) in [6.07, 6.45) is 4.22. The summed E-state index contributed by atoms with van der Waals surface area (Å²) in [5, 5.41) is 0. The Hall–Kier alpha value is -0.240. The molecule has 0 N–H and O–H groups in total. The summed E-state index contributed by atoms with van der Waals surface area (Å²) in [5.41, 5.74) is 0. The third kappa shape index (κ3) is 7.66. The summed E-state index contributed by atoms with van der Waals surface area (Å²) in [4.78, 5) is 0.941. The third-order valence-electron chi connectivity index (χ3n) is 1.04. The van der Waals surface area contributed by atoms with Crippen LogP contribution in [0.3, 0.4) is 0 Å². The highest BCUT2D eigenvalue weighted by atomic mass is 32.2. The van der Waals surface area contributed by atoms with Crippen molar-refractivity contribution in [3.05, 3.63) is 23.6 Å². The van der Waals surface area contributed by atoms with Crippen LogP contribution in [0.5, 0.6) is 0 Å². The van der Waals surface area contributed by atoms with Crippen molar-refractivity contribution in [2.24, 2.45) is 0 Å². The Kier molecular flexibility index (Phi) is 6.33. The fraction of sp³-hybridized carbons (Fsp3) is 0.556. The zero-order valence-electron chi connectivity index (χ0n) is 7.14. The van der Waals surface area contributed by atoms with Crippen molar-refractivity contribution in [3.63, 3.8) is 0 Å². The van der Waals surface area contributed by atoms with Gasteiger partial charge in [-0.1, -0.05) is 25.7 Å². The van der Waals surface area contributed by atoms with E-state index < -0.39 is 6.17 Å². The first kappa shape index (κ1) is 10.8. The minimum Gasteiger partial charge on any atom is -0.247 e. The molecule has 0 aliphatic carbocycles. The number of rotatable bonds is 5. The molecule has 11 heavy (non-hydrogen) atoms. The average Bonchev–Trinajstić information content (AvgIpc) is 1.97. The predicted molar refractivity (Wildman–Crippen MR) is 51.6 cm³/mol. The zero-order valence-corrected chi connectivity index (χ0v) is 7.96. The highest BCUT2D eigenvalue weighted by Gasteiger charge is 1.97. The number of hydrogen-bond acceptors (Lipinski definition) is 1. The number of allylic oxidation sites excluding steroid dienone is 2. The molecule has 0 rings (SSSR count). The van der Waals surface area contributed by atoms with Gasteiger partial charge in [0.05, 0.1) is 0 Å². The molecule has 0 saturated carbocycles. The van der Waals surface area contributed by atoms with Gasteiger partial charge in [-0.05, 0) is 18.2 Å². The second-order valence-corrected chi connectivity index (χ2v) is 3.52. The second-order valence-electron chi connectivity index (χ2n) is 2.37. The predicted octanol–water partition coefficient (Wildman–Crippen LogP) is 3.56. The van der Waals surface area contributed by atoms with E-state index in [4.69, 9.17) is 0 Å². The molecular formula is C9H15FS. The molecule has 0 nitrogen and oxygen atoms in total. The summed E-state index contributed by atoms with van der Waals surface area (Å²) < 4.78 is 12.3. The lowest BCUT2D eigenvalue weighted by Gasteiger charge is -2.00. The lowest BCUT2D eigenvalue weighted by atomic mass is 10.4. The van der Waals surface area contributed by atoms with E-state index in [0.29, 0.717) is 5.75 Å². The summed E-state index contributed by atoms with van der Waals surface area (Å²) in [6.45, 7) is 7.39. The molecule has 64 valence electrons. The maximum atomic E-state index is 12.3. The van der Waals surface area contributed by atoms with E-state index in [9.17, 15) is 4.39 Å². The van der Waals surface area contributed by atoms with Crippen molar-refractivity contribution in [2.45, 2.75) is 26.4 Å². The Morgan fingerprint density at radius 3 is 2.82 bits per heavy atom. The first-order valence-corrected chi connectivity index (χ1v) is 4.77. The second kappa shape index (κ2) is 6.47. The van der Waals surface area contributed by atoms with Crippen molar-refractivity contribution >= 4 is 11.8 Å². The van der Waals surface area contributed by atoms with Crippen molar-refractivity contribution in [2.75, 3.05) is 5.75 Å². The van der Waals surface area contributed by atoms with Gasteiger partial charge in [0.1, 0.15) is 6.17 Å². The molecule has 0 aliphatic heterocycles. The molecule has 0 amide bonds. The topological polar surface area (TPSA) is 0 Å². The molecule has 1 atom stereocenters. The fourth-order valence-corrected chi connectivity index (χ4v) is 1.16. The molecule has 0 spiro atoms. The first-order valence-electron chi connectivity index (χ1n) is 3.79. The van der Waals surface area contributed by atoms with Crippen LogP contribution in [-0.4, -0.2) is 11.9 Å². The van der Waals surface area contributed by atoms with Crippen LogP contribution < -0.4 is 0 Å². The molecule has 0 radical (unpaired) electrons. The third-order valence-corrected chi connectivity index (χ3v) is 2.17. The van der Waals surface area contributed by atoms with Gasteiger partial charge in [-0.15, -0.1) is 11.8 Å². The monoisotopic (exact) mass is 174 g/mol. The minimum atomic E-state index is -0.744.